The number of nitrogens with one attached hydrogen (secondary N) is 1. The Labute approximate surface area is 161 Å². The van der Waals surface area contributed by atoms with E-state index in [1.807, 2.05) is 26.0 Å². The van der Waals surface area contributed by atoms with E-state index in [9.17, 15) is 14.7 Å². The van der Waals surface area contributed by atoms with E-state index in [4.69, 9.17) is 0 Å². The number of carbonyl (C=O) groups excluding carboxylic acids is 1. The van der Waals surface area contributed by atoms with Crippen molar-refractivity contribution in [2.45, 2.75) is 26.3 Å². The number of para-hydroxylation sites is 1. The molecule has 0 aliphatic carbocycles. The monoisotopic (exact) mass is 335 g/mol. The summed E-state index contributed by atoms with van der Waals surface area (Å²) < 4.78 is 0. The van der Waals surface area contributed by atoms with Crippen LogP contribution >= 0.6 is 0 Å². The molecule has 24 heavy (non-hydrogen) atoms. The number of fused-ring (bicyclic) bond motifs is 1. The van der Waals surface area contributed by atoms with Crippen molar-refractivity contribution < 1.29 is 14.7 Å². The minimum absolute atomic E-state index is 0. The van der Waals surface area contributed by atoms with Crippen LogP contribution in [0.25, 0.3) is 10.9 Å². The van der Waals surface area contributed by atoms with Gasteiger partial charge in [-0.15, -0.1) is 0 Å². The van der Waals surface area contributed by atoms with Gasteiger partial charge < -0.3 is 10.4 Å². The van der Waals surface area contributed by atoms with E-state index in [0.717, 1.165) is 5.39 Å². The maximum atomic E-state index is 12.2. The number of carboxylic acid groups (broad SMARTS) is 1. The van der Waals surface area contributed by atoms with Gasteiger partial charge in [0.1, 0.15) is 11.2 Å². The second-order valence-electron chi connectivity index (χ2n) is 6.13. The maximum absolute atomic E-state index is 12.2. The zero-order valence-corrected chi connectivity index (χ0v) is 13.1. The summed E-state index contributed by atoms with van der Waals surface area (Å²) in [4.78, 5) is 32.3. The Morgan fingerprint density at radius 2 is 1.96 bits per heavy atom. The third-order valence-corrected chi connectivity index (χ3v) is 4.37. The van der Waals surface area contributed by atoms with Crippen LogP contribution in [0.15, 0.2) is 35.3 Å². The Morgan fingerprint density at radius 3 is 2.54 bits per heavy atom. The Hall–Kier alpha value is -1.76. The van der Waals surface area contributed by atoms with E-state index in [1.54, 1.807) is 25.1 Å². The summed E-state index contributed by atoms with van der Waals surface area (Å²) in [6, 6.07) is 8.79. The van der Waals surface area contributed by atoms with E-state index in [2.05, 4.69) is 15.3 Å². The molecular weight excluding hydrogens is 317 g/mol. The molecule has 1 aliphatic rings. The van der Waals surface area contributed by atoms with Gasteiger partial charge in [0, 0.05) is 5.39 Å². The molecule has 2 heterocycles. The molecule has 0 saturated heterocycles. The van der Waals surface area contributed by atoms with Crippen LogP contribution in [0.5, 0.6) is 0 Å². The van der Waals surface area contributed by atoms with Crippen LogP contribution in [0.4, 0.5) is 0 Å². The number of aliphatic imine (C=N–C) groups is 1. The number of carboxylic acids is 1. The Morgan fingerprint density at radius 1 is 1.29 bits per heavy atom. The van der Waals surface area contributed by atoms with Gasteiger partial charge in [-0.05, 0) is 25.0 Å². The number of amides is 1. The SMILES string of the molecule is CC(C)C1(C)NC(c2nc3ccccc3cc2C(=O)O)=NC1=O.[NaH]. The summed E-state index contributed by atoms with van der Waals surface area (Å²) in [5, 5.41) is 13.3. The molecule has 2 aromatic rings. The molecule has 1 atom stereocenters. The zero-order valence-electron chi connectivity index (χ0n) is 13.1. The number of pyridine rings is 1. The number of nitrogens with zero attached hydrogens (tertiary/aromatic N) is 2. The first kappa shape index (κ1) is 18.6. The van der Waals surface area contributed by atoms with Crippen molar-refractivity contribution >= 4 is 58.2 Å². The zero-order chi connectivity index (χ0) is 16.8. The number of aromatic carboxylic acids is 1. The van der Waals surface area contributed by atoms with Crippen LogP contribution in [0.1, 0.15) is 36.8 Å². The van der Waals surface area contributed by atoms with Gasteiger partial charge in [-0.2, -0.15) is 4.99 Å². The average Bonchev–Trinajstić information content (AvgIpc) is 2.82. The molecule has 0 radical (unpaired) electrons. The number of benzene rings is 1. The number of carbonyl (C=O) groups is 2. The molecule has 1 aromatic carbocycles. The van der Waals surface area contributed by atoms with Gasteiger partial charge in [0.2, 0.25) is 0 Å². The molecule has 120 valence electrons. The van der Waals surface area contributed by atoms with Crippen molar-refractivity contribution in [3.63, 3.8) is 0 Å². The standard InChI is InChI=1S/C17H17N3O3.Na.H/c1-9(2)17(3)16(23)19-14(20-17)13-11(15(21)22)8-10-6-4-5-7-12(10)18-13;;/h4-9H,1-3H3,(H,21,22)(H,19,20,23);;. The molecule has 3 rings (SSSR count). The van der Waals surface area contributed by atoms with Crippen LogP contribution < -0.4 is 5.32 Å². The summed E-state index contributed by atoms with van der Waals surface area (Å²) >= 11 is 0. The number of amidine groups is 1. The minimum atomic E-state index is -1.10. The summed E-state index contributed by atoms with van der Waals surface area (Å²) in [5.74, 6) is -1.19. The van der Waals surface area contributed by atoms with E-state index >= 15 is 0 Å². The van der Waals surface area contributed by atoms with Crippen LogP contribution in [0, 0.1) is 5.92 Å². The summed E-state index contributed by atoms with van der Waals surface area (Å²) in [6.45, 7) is 5.59. The first-order valence-corrected chi connectivity index (χ1v) is 7.37. The molecule has 1 aromatic heterocycles. The van der Waals surface area contributed by atoms with Crippen molar-refractivity contribution in [1.82, 2.24) is 10.3 Å². The Kier molecular flexibility index (Phi) is 5.13. The fraction of sp³-hybridized carbons (Fsp3) is 0.294. The van der Waals surface area contributed by atoms with Gasteiger partial charge in [0.15, 0.2) is 5.84 Å². The average molecular weight is 335 g/mol. The second-order valence-corrected chi connectivity index (χ2v) is 6.13. The van der Waals surface area contributed by atoms with Gasteiger partial charge in [-0.25, -0.2) is 9.78 Å². The van der Waals surface area contributed by atoms with Gasteiger partial charge in [0.25, 0.3) is 5.91 Å². The normalized spacial score (nSPS) is 19.8. The molecule has 1 unspecified atom stereocenters. The fourth-order valence-corrected chi connectivity index (χ4v) is 2.51. The van der Waals surface area contributed by atoms with E-state index < -0.39 is 11.5 Å². The third-order valence-electron chi connectivity index (χ3n) is 4.37. The van der Waals surface area contributed by atoms with Crippen molar-refractivity contribution in [2.24, 2.45) is 10.9 Å². The summed E-state index contributed by atoms with van der Waals surface area (Å²) in [6.07, 6.45) is 0. The number of hydrogen-bond donors (Lipinski definition) is 2. The molecule has 1 amide bonds. The van der Waals surface area contributed by atoms with Crippen LogP contribution in [-0.4, -0.2) is 62.9 Å². The Bertz CT molecular complexity index is 863. The molecular formula is C17H18N3NaO3. The van der Waals surface area contributed by atoms with Crippen molar-refractivity contribution in [3.05, 3.63) is 41.6 Å². The molecule has 2 N–H and O–H groups in total. The van der Waals surface area contributed by atoms with E-state index in [-0.39, 0.29) is 58.5 Å². The number of aromatic nitrogens is 1. The molecule has 7 heteroatoms. The Balaban J connectivity index is 0.00000208. The van der Waals surface area contributed by atoms with Crippen LogP contribution in [0.3, 0.4) is 0 Å². The predicted octanol–water partition coefficient (Wildman–Crippen LogP) is 1.58. The second kappa shape index (κ2) is 6.63. The number of rotatable bonds is 3. The van der Waals surface area contributed by atoms with Gasteiger partial charge in [-0.1, -0.05) is 32.0 Å². The quantitative estimate of drug-likeness (QED) is 0.831. The molecule has 1 aliphatic heterocycles. The first-order valence-electron chi connectivity index (χ1n) is 7.37. The first-order chi connectivity index (χ1) is 10.8. The molecule has 0 bridgehead atoms. The number of hydrogen-bond acceptors (Lipinski definition) is 4. The van der Waals surface area contributed by atoms with Gasteiger partial charge in [-0.3, -0.25) is 4.79 Å². The fourth-order valence-electron chi connectivity index (χ4n) is 2.51. The van der Waals surface area contributed by atoms with E-state index in [1.165, 1.54) is 0 Å². The summed E-state index contributed by atoms with van der Waals surface area (Å²) in [7, 11) is 0. The van der Waals surface area contributed by atoms with Crippen molar-refractivity contribution in [2.75, 3.05) is 0 Å². The third kappa shape index (κ3) is 2.97. The summed E-state index contributed by atoms with van der Waals surface area (Å²) in [5.41, 5.74) is 0.0191. The topological polar surface area (TPSA) is 91.7 Å². The van der Waals surface area contributed by atoms with E-state index in [0.29, 0.717) is 5.52 Å². The van der Waals surface area contributed by atoms with Gasteiger partial charge in [0.05, 0.1) is 11.1 Å². The van der Waals surface area contributed by atoms with Crippen molar-refractivity contribution in [1.29, 1.82) is 0 Å². The molecule has 0 fully saturated rings. The van der Waals surface area contributed by atoms with Gasteiger partial charge >= 0.3 is 35.5 Å². The molecule has 0 spiro atoms. The molecule has 6 nitrogen and oxygen atoms in total. The van der Waals surface area contributed by atoms with Crippen LogP contribution in [-0.2, 0) is 4.79 Å². The van der Waals surface area contributed by atoms with Crippen molar-refractivity contribution in [3.8, 4) is 0 Å². The molecule has 0 saturated carbocycles. The van der Waals surface area contributed by atoms with Crippen LogP contribution in [0.2, 0.25) is 0 Å². The predicted molar refractivity (Wildman–Crippen MR) is 93.8 cm³/mol.